The molecule has 49 heavy (non-hydrogen) atoms. The second kappa shape index (κ2) is 10.0. The number of hydrogen-bond donors (Lipinski definition) is 0. The summed E-state index contributed by atoms with van der Waals surface area (Å²) in [7, 11) is 0. The van der Waals surface area contributed by atoms with Gasteiger partial charge < -0.3 is 4.90 Å². The summed E-state index contributed by atoms with van der Waals surface area (Å²) in [6, 6.07) is 65.4. The number of thiophene rings is 1. The Morgan fingerprint density at radius 3 is 1.59 bits per heavy atom. The average Bonchev–Trinajstić information content (AvgIpc) is 3.79. The quantitative estimate of drug-likeness (QED) is 0.186. The van der Waals surface area contributed by atoms with E-state index in [1.807, 2.05) is 11.3 Å². The molecule has 0 N–H and O–H groups in total. The van der Waals surface area contributed by atoms with Crippen LogP contribution in [-0.2, 0) is 5.41 Å². The fourth-order valence-electron chi connectivity index (χ4n) is 8.93. The molecule has 0 unspecified atom stereocenters. The second-order valence-corrected chi connectivity index (χ2v) is 14.3. The third-order valence-electron chi connectivity index (χ3n) is 10.8. The lowest BCUT2D eigenvalue weighted by atomic mass is 9.70. The van der Waals surface area contributed by atoms with Crippen molar-refractivity contribution in [1.29, 1.82) is 0 Å². The summed E-state index contributed by atoms with van der Waals surface area (Å²) in [6.07, 6.45) is 0. The smallest absolute Gasteiger partial charge is 0.0740 e. The van der Waals surface area contributed by atoms with Gasteiger partial charge in [0.15, 0.2) is 0 Å². The Hall–Kier alpha value is -5.96. The van der Waals surface area contributed by atoms with Gasteiger partial charge in [-0.2, -0.15) is 0 Å². The van der Waals surface area contributed by atoms with E-state index in [0.717, 1.165) is 5.69 Å². The van der Waals surface area contributed by atoms with E-state index in [9.17, 15) is 0 Å². The van der Waals surface area contributed by atoms with E-state index in [2.05, 4.69) is 181 Å². The maximum Gasteiger partial charge on any atom is 0.0740 e. The average molecular weight is 640 g/mol. The molecule has 1 spiro atoms. The fraction of sp³-hybridized carbons (Fsp3) is 0.0213. The second-order valence-electron chi connectivity index (χ2n) is 13.2. The maximum atomic E-state index is 2.51. The minimum absolute atomic E-state index is 0.420. The number of hydrogen-bond acceptors (Lipinski definition) is 2. The Morgan fingerprint density at radius 2 is 0.939 bits per heavy atom. The van der Waals surface area contributed by atoms with Gasteiger partial charge in [-0.15, -0.1) is 11.3 Å². The molecule has 11 rings (SSSR count). The molecule has 0 saturated carbocycles. The predicted molar refractivity (Wildman–Crippen MR) is 208 cm³/mol. The predicted octanol–water partition coefficient (Wildman–Crippen LogP) is 13.0. The van der Waals surface area contributed by atoms with Gasteiger partial charge >= 0.3 is 0 Å². The van der Waals surface area contributed by atoms with Crippen LogP contribution >= 0.6 is 11.3 Å². The maximum absolute atomic E-state index is 2.51. The molecular weight excluding hydrogens is 611 g/mol. The zero-order valence-corrected chi connectivity index (χ0v) is 27.4. The van der Waals surface area contributed by atoms with Crippen LogP contribution in [-0.4, -0.2) is 0 Å². The molecule has 0 atom stereocenters. The summed E-state index contributed by atoms with van der Waals surface area (Å²) in [5.41, 5.74) is 12.6. The highest BCUT2D eigenvalue weighted by molar-refractivity contribution is 7.22. The molecule has 9 aromatic rings. The van der Waals surface area contributed by atoms with Crippen LogP contribution in [0.3, 0.4) is 0 Å². The van der Waals surface area contributed by atoms with Crippen molar-refractivity contribution in [2.75, 3.05) is 4.90 Å². The molecule has 0 saturated heterocycles. The van der Waals surface area contributed by atoms with Gasteiger partial charge in [-0.3, -0.25) is 0 Å². The van der Waals surface area contributed by atoms with E-state index in [0.29, 0.717) is 0 Å². The number of nitrogens with zero attached hydrogens (tertiary/aromatic N) is 1. The van der Waals surface area contributed by atoms with Crippen LogP contribution in [0.2, 0.25) is 0 Å². The van der Waals surface area contributed by atoms with Crippen LogP contribution in [0.15, 0.2) is 176 Å². The van der Waals surface area contributed by atoms with E-state index in [4.69, 9.17) is 0 Å². The molecule has 0 amide bonds. The normalized spacial score (nSPS) is 13.5. The molecule has 0 radical (unpaired) electrons. The summed E-state index contributed by atoms with van der Waals surface area (Å²) in [6.45, 7) is 0. The van der Waals surface area contributed by atoms with Crippen molar-refractivity contribution >= 4 is 60.0 Å². The lowest BCUT2D eigenvalue weighted by Crippen LogP contribution is -2.26. The topological polar surface area (TPSA) is 3.24 Å². The Kier molecular flexibility index (Phi) is 5.53. The Balaban J connectivity index is 1.27. The molecule has 2 heteroatoms. The Labute approximate surface area is 289 Å². The first kappa shape index (κ1) is 27.0. The van der Waals surface area contributed by atoms with Crippen LogP contribution in [0.5, 0.6) is 0 Å². The zero-order valence-electron chi connectivity index (χ0n) is 26.6. The van der Waals surface area contributed by atoms with Crippen molar-refractivity contribution in [3.8, 4) is 21.6 Å². The first-order valence-corrected chi connectivity index (χ1v) is 17.8. The van der Waals surface area contributed by atoms with Crippen LogP contribution in [0, 0.1) is 0 Å². The molecule has 8 aromatic carbocycles. The third kappa shape index (κ3) is 3.54. The summed E-state index contributed by atoms with van der Waals surface area (Å²) in [5.74, 6) is 0. The van der Waals surface area contributed by atoms with Crippen molar-refractivity contribution in [2.45, 2.75) is 5.41 Å². The molecule has 2 aliphatic rings. The lowest BCUT2D eigenvalue weighted by Gasteiger charge is -2.33. The minimum atomic E-state index is -0.420. The van der Waals surface area contributed by atoms with Crippen molar-refractivity contribution in [3.63, 3.8) is 0 Å². The number of anilines is 3. The summed E-state index contributed by atoms with van der Waals surface area (Å²) < 4.78 is 1.34. The third-order valence-corrected chi connectivity index (χ3v) is 12.1. The largest absolute Gasteiger partial charge is 0.309 e. The van der Waals surface area contributed by atoms with Gasteiger partial charge in [-0.05, 0) is 85.4 Å². The summed E-state index contributed by atoms with van der Waals surface area (Å²) >= 11 is 1.94. The molecule has 1 heterocycles. The van der Waals surface area contributed by atoms with Gasteiger partial charge in [0.2, 0.25) is 0 Å². The fourth-order valence-corrected chi connectivity index (χ4v) is 10.2. The van der Waals surface area contributed by atoms with E-state index in [1.165, 1.54) is 86.8 Å². The summed E-state index contributed by atoms with van der Waals surface area (Å²) in [5, 5.41) is 6.28. The van der Waals surface area contributed by atoms with Crippen LogP contribution < -0.4 is 4.90 Å². The highest BCUT2D eigenvalue weighted by Gasteiger charge is 2.53. The summed E-state index contributed by atoms with van der Waals surface area (Å²) in [4.78, 5) is 3.88. The van der Waals surface area contributed by atoms with Crippen molar-refractivity contribution in [3.05, 3.63) is 198 Å². The lowest BCUT2D eigenvalue weighted by molar-refractivity contribution is 0.802. The van der Waals surface area contributed by atoms with E-state index in [-0.39, 0.29) is 0 Å². The highest BCUT2D eigenvalue weighted by atomic mass is 32.1. The molecule has 1 aromatic heterocycles. The monoisotopic (exact) mass is 639 g/mol. The van der Waals surface area contributed by atoms with Gasteiger partial charge in [0.25, 0.3) is 0 Å². The van der Waals surface area contributed by atoms with Crippen LogP contribution in [0.1, 0.15) is 22.3 Å². The van der Waals surface area contributed by atoms with Gasteiger partial charge in [0.1, 0.15) is 0 Å². The van der Waals surface area contributed by atoms with Gasteiger partial charge in [0, 0.05) is 26.0 Å². The molecule has 228 valence electrons. The molecular formula is C47H29NS. The minimum Gasteiger partial charge on any atom is -0.309 e. The van der Waals surface area contributed by atoms with Gasteiger partial charge in [0.05, 0.1) is 16.8 Å². The SMILES string of the molecule is c1ccc2c(c1)-c1ccccc1C21c2cc(N(c3cccc4ccccc34)c3cccc4ccccc34)ccc2-c2sc3ccccc3c21. The highest BCUT2D eigenvalue weighted by Crippen LogP contribution is 2.66. The molecule has 0 fully saturated rings. The Morgan fingerprint density at radius 1 is 0.408 bits per heavy atom. The number of rotatable bonds is 3. The first-order valence-electron chi connectivity index (χ1n) is 16.9. The van der Waals surface area contributed by atoms with Gasteiger partial charge in [-0.25, -0.2) is 0 Å². The van der Waals surface area contributed by atoms with Crippen molar-refractivity contribution in [2.24, 2.45) is 0 Å². The molecule has 0 bridgehead atoms. The van der Waals surface area contributed by atoms with Gasteiger partial charge in [-0.1, -0.05) is 146 Å². The molecule has 2 aliphatic carbocycles. The first-order chi connectivity index (χ1) is 24.3. The van der Waals surface area contributed by atoms with E-state index >= 15 is 0 Å². The van der Waals surface area contributed by atoms with Crippen LogP contribution in [0.25, 0.3) is 53.2 Å². The number of benzene rings is 8. The van der Waals surface area contributed by atoms with E-state index in [1.54, 1.807) is 0 Å². The van der Waals surface area contributed by atoms with Crippen molar-refractivity contribution in [1.82, 2.24) is 0 Å². The Bertz CT molecular complexity index is 2670. The van der Waals surface area contributed by atoms with Crippen LogP contribution in [0.4, 0.5) is 17.1 Å². The molecule has 1 nitrogen and oxygen atoms in total. The number of fused-ring (bicyclic) bond motifs is 14. The zero-order chi connectivity index (χ0) is 32.1. The molecule has 0 aliphatic heterocycles. The van der Waals surface area contributed by atoms with Crippen molar-refractivity contribution < 1.29 is 0 Å². The standard InChI is InChI=1S/C47H29NS/c1-3-17-33-30(13-1)15-11-24-42(33)48(43-25-12-16-31-14-2-4-18-34(31)43)32-27-28-37-41(29-32)47(45-38-21-7-10-26-44(38)49-46(37)45)39-22-8-5-19-35(39)36-20-6-9-23-40(36)47/h1-29H. The van der Waals surface area contributed by atoms with E-state index < -0.39 is 5.41 Å².